The minimum absolute atomic E-state index is 0.130. The van der Waals surface area contributed by atoms with Gasteiger partial charge in [-0.2, -0.15) is 0 Å². The van der Waals surface area contributed by atoms with Crippen molar-refractivity contribution in [3.05, 3.63) is 132 Å². The summed E-state index contributed by atoms with van der Waals surface area (Å²) in [6.07, 6.45) is 0. The summed E-state index contributed by atoms with van der Waals surface area (Å²) in [4.78, 5) is 38.2. The molecule has 0 spiro atoms. The highest BCUT2D eigenvalue weighted by Crippen LogP contribution is 2.31. The van der Waals surface area contributed by atoms with E-state index in [9.17, 15) is 14.4 Å². The lowest BCUT2D eigenvalue weighted by Gasteiger charge is -2.16. The molecule has 0 bridgehead atoms. The standard InChI is InChI=1S/C39H37N3O7/c1-26-10-4-7-13-34(26)46-23-37(43)40-29-16-18-30(19-17-29)49-31-20-21-32(41-38(44)24-47-35-14-8-5-11-27(35)2)33(22-31)42-39(45)25-48-36-15-9-6-12-28(36)3/h4-22H,23-25H2,1-3H3,(H,40,43)(H,41,44)(H,42,45). The van der Waals surface area contributed by atoms with Crippen LogP contribution in [0.2, 0.25) is 0 Å². The van der Waals surface area contributed by atoms with Gasteiger partial charge >= 0.3 is 0 Å². The Morgan fingerprint density at radius 2 is 0.878 bits per heavy atom. The lowest BCUT2D eigenvalue weighted by atomic mass is 10.2. The lowest BCUT2D eigenvalue weighted by molar-refractivity contribution is -0.119. The van der Waals surface area contributed by atoms with Crippen LogP contribution < -0.4 is 34.9 Å². The molecule has 0 aliphatic heterocycles. The molecule has 49 heavy (non-hydrogen) atoms. The van der Waals surface area contributed by atoms with Crippen LogP contribution in [0.3, 0.4) is 0 Å². The fraction of sp³-hybridized carbons (Fsp3) is 0.154. The van der Waals surface area contributed by atoms with E-state index in [0.29, 0.717) is 45.8 Å². The highest BCUT2D eigenvalue weighted by atomic mass is 16.5. The zero-order valence-electron chi connectivity index (χ0n) is 27.4. The van der Waals surface area contributed by atoms with Crippen LogP contribution in [-0.4, -0.2) is 37.5 Å². The molecule has 3 amide bonds. The first-order valence-electron chi connectivity index (χ1n) is 15.6. The molecular formula is C39H37N3O7. The second kappa shape index (κ2) is 16.5. The maximum Gasteiger partial charge on any atom is 0.262 e. The Kier molecular flexibility index (Phi) is 11.5. The third-order valence-corrected chi connectivity index (χ3v) is 7.27. The quantitative estimate of drug-likeness (QED) is 0.113. The zero-order valence-corrected chi connectivity index (χ0v) is 27.4. The number of amides is 3. The van der Waals surface area contributed by atoms with Crippen LogP contribution >= 0.6 is 0 Å². The van der Waals surface area contributed by atoms with Crippen molar-refractivity contribution < 1.29 is 33.3 Å². The van der Waals surface area contributed by atoms with E-state index in [0.717, 1.165) is 16.7 Å². The Morgan fingerprint density at radius 1 is 0.469 bits per heavy atom. The molecule has 0 heterocycles. The number of carbonyl (C=O) groups excluding carboxylic acids is 3. The summed E-state index contributed by atoms with van der Waals surface area (Å²) in [5.74, 6) is 1.58. The molecule has 5 rings (SSSR count). The molecular weight excluding hydrogens is 622 g/mol. The van der Waals surface area contributed by atoms with Crippen molar-refractivity contribution in [1.82, 2.24) is 0 Å². The summed E-state index contributed by atoms with van der Waals surface area (Å²) in [6.45, 7) is 5.09. The molecule has 0 saturated carbocycles. The predicted octanol–water partition coefficient (Wildman–Crippen LogP) is 7.46. The Balaban J connectivity index is 1.23. The van der Waals surface area contributed by atoms with Crippen LogP contribution in [0, 0.1) is 20.8 Å². The van der Waals surface area contributed by atoms with Crippen molar-refractivity contribution in [3.63, 3.8) is 0 Å². The monoisotopic (exact) mass is 659 g/mol. The van der Waals surface area contributed by atoms with Crippen LogP contribution in [0.5, 0.6) is 28.7 Å². The summed E-state index contributed by atoms with van der Waals surface area (Å²) in [6, 6.07) is 34.0. The third kappa shape index (κ3) is 10.1. The van der Waals surface area contributed by atoms with Gasteiger partial charge in [-0.05, 0) is 92.1 Å². The van der Waals surface area contributed by atoms with Crippen LogP contribution in [0.1, 0.15) is 16.7 Å². The van der Waals surface area contributed by atoms with E-state index >= 15 is 0 Å². The molecule has 0 aliphatic carbocycles. The highest BCUT2D eigenvalue weighted by Gasteiger charge is 2.14. The van der Waals surface area contributed by atoms with E-state index in [1.54, 1.807) is 54.6 Å². The van der Waals surface area contributed by atoms with Crippen molar-refractivity contribution in [2.45, 2.75) is 20.8 Å². The molecule has 250 valence electrons. The average Bonchev–Trinajstić information content (AvgIpc) is 3.09. The van der Waals surface area contributed by atoms with Gasteiger partial charge in [-0.15, -0.1) is 0 Å². The Morgan fingerprint density at radius 3 is 1.35 bits per heavy atom. The summed E-state index contributed by atoms with van der Waals surface area (Å²) < 4.78 is 23.1. The number of hydrogen-bond donors (Lipinski definition) is 3. The molecule has 5 aromatic carbocycles. The number of ether oxygens (including phenoxy) is 4. The van der Waals surface area contributed by atoms with Gasteiger partial charge < -0.3 is 34.9 Å². The molecule has 0 aromatic heterocycles. The molecule has 5 aromatic rings. The van der Waals surface area contributed by atoms with Gasteiger partial charge in [0.15, 0.2) is 19.8 Å². The van der Waals surface area contributed by atoms with Gasteiger partial charge in [0, 0.05) is 11.8 Å². The van der Waals surface area contributed by atoms with Gasteiger partial charge in [-0.25, -0.2) is 0 Å². The highest BCUT2D eigenvalue weighted by molar-refractivity contribution is 6.00. The minimum atomic E-state index is -0.432. The van der Waals surface area contributed by atoms with Crippen molar-refractivity contribution in [2.75, 3.05) is 35.8 Å². The second-order valence-corrected chi connectivity index (χ2v) is 11.1. The maximum atomic E-state index is 13.0. The minimum Gasteiger partial charge on any atom is -0.483 e. The number of anilines is 3. The van der Waals surface area contributed by atoms with Crippen LogP contribution in [-0.2, 0) is 14.4 Å². The summed E-state index contributed by atoms with van der Waals surface area (Å²) in [5, 5.41) is 8.42. The molecule has 10 heteroatoms. The second-order valence-electron chi connectivity index (χ2n) is 11.1. The summed E-state index contributed by atoms with van der Waals surface area (Å²) in [5.41, 5.74) is 3.96. The van der Waals surface area contributed by atoms with Crippen molar-refractivity contribution in [2.24, 2.45) is 0 Å². The molecule has 0 unspecified atom stereocenters. The molecule has 10 nitrogen and oxygen atoms in total. The largest absolute Gasteiger partial charge is 0.483 e. The Labute approximate surface area is 285 Å². The topological polar surface area (TPSA) is 124 Å². The molecule has 0 radical (unpaired) electrons. The van der Waals surface area contributed by atoms with E-state index in [1.165, 1.54) is 0 Å². The van der Waals surface area contributed by atoms with Crippen LogP contribution in [0.25, 0.3) is 0 Å². The number of hydrogen-bond acceptors (Lipinski definition) is 7. The van der Waals surface area contributed by atoms with Crippen molar-refractivity contribution in [3.8, 4) is 28.7 Å². The van der Waals surface area contributed by atoms with Gasteiger partial charge in [0.2, 0.25) is 0 Å². The molecule has 0 aliphatic rings. The SMILES string of the molecule is Cc1ccccc1OCC(=O)Nc1ccc(Oc2ccc(NC(=O)COc3ccccc3C)c(NC(=O)COc3ccccc3C)c2)cc1. The molecule has 0 saturated heterocycles. The first kappa shape index (κ1) is 34.1. The summed E-state index contributed by atoms with van der Waals surface area (Å²) in [7, 11) is 0. The normalized spacial score (nSPS) is 10.4. The van der Waals surface area contributed by atoms with E-state index in [4.69, 9.17) is 18.9 Å². The van der Waals surface area contributed by atoms with Crippen LogP contribution in [0.15, 0.2) is 115 Å². The number of aryl methyl sites for hydroxylation is 3. The predicted molar refractivity (Wildman–Crippen MR) is 189 cm³/mol. The number of para-hydroxylation sites is 3. The Hall–Kier alpha value is -6.29. The fourth-order valence-corrected chi connectivity index (χ4v) is 4.70. The van der Waals surface area contributed by atoms with Gasteiger partial charge in [-0.1, -0.05) is 54.6 Å². The lowest BCUT2D eigenvalue weighted by Crippen LogP contribution is -2.24. The Bertz CT molecular complexity index is 1920. The van der Waals surface area contributed by atoms with Crippen LogP contribution in [0.4, 0.5) is 17.1 Å². The maximum absolute atomic E-state index is 13.0. The van der Waals surface area contributed by atoms with Gasteiger partial charge in [0.1, 0.15) is 28.7 Å². The first-order chi connectivity index (χ1) is 23.7. The van der Waals surface area contributed by atoms with E-state index in [2.05, 4.69) is 16.0 Å². The number of carbonyl (C=O) groups is 3. The van der Waals surface area contributed by atoms with Gasteiger partial charge in [0.25, 0.3) is 17.7 Å². The van der Waals surface area contributed by atoms with Gasteiger partial charge in [-0.3, -0.25) is 14.4 Å². The van der Waals surface area contributed by atoms with E-state index < -0.39 is 11.8 Å². The first-order valence-corrected chi connectivity index (χ1v) is 15.6. The molecule has 0 fully saturated rings. The number of rotatable bonds is 14. The van der Waals surface area contributed by atoms with Crippen molar-refractivity contribution >= 4 is 34.8 Å². The molecule has 0 atom stereocenters. The van der Waals surface area contributed by atoms with E-state index in [1.807, 2.05) is 81.4 Å². The van der Waals surface area contributed by atoms with Gasteiger partial charge in [0.05, 0.1) is 11.4 Å². The molecule has 3 N–H and O–H groups in total. The number of nitrogens with one attached hydrogen (secondary N) is 3. The van der Waals surface area contributed by atoms with E-state index in [-0.39, 0.29) is 25.7 Å². The van der Waals surface area contributed by atoms with Crippen molar-refractivity contribution in [1.29, 1.82) is 0 Å². The fourth-order valence-electron chi connectivity index (χ4n) is 4.70. The third-order valence-electron chi connectivity index (χ3n) is 7.27. The average molecular weight is 660 g/mol. The smallest absolute Gasteiger partial charge is 0.262 e. The number of benzene rings is 5. The zero-order chi connectivity index (χ0) is 34.6. The summed E-state index contributed by atoms with van der Waals surface area (Å²) >= 11 is 0.